The molecule has 0 spiro atoms. The normalized spacial score (nSPS) is 24.4. The molecule has 2 heterocycles. The summed E-state index contributed by atoms with van der Waals surface area (Å²) >= 11 is 0. The lowest BCUT2D eigenvalue weighted by atomic mass is 9.93. The predicted molar refractivity (Wildman–Crippen MR) is 113 cm³/mol. The lowest BCUT2D eigenvalue weighted by Crippen LogP contribution is -2.55. The summed E-state index contributed by atoms with van der Waals surface area (Å²) in [6, 6.07) is 6.80. The van der Waals surface area contributed by atoms with Gasteiger partial charge in [-0.15, -0.1) is 0 Å². The van der Waals surface area contributed by atoms with Gasteiger partial charge in [-0.05, 0) is 44.0 Å². The van der Waals surface area contributed by atoms with Crippen LogP contribution >= 0.6 is 0 Å². The molecule has 3 fully saturated rings. The summed E-state index contributed by atoms with van der Waals surface area (Å²) in [7, 11) is 0. The van der Waals surface area contributed by atoms with E-state index in [0.717, 1.165) is 26.2 Å². The third kappa shape index (κ3) is 4.27. The third-order valence-electron chi connectivity index (χ3n) is 6.64. The Morgan fingerprint density at radius 1 is 0.967 bits per heavy atom. The number of carbonyl (C=O) groups excluding carboxylic acids is 3. The van der Waals surface area contributed by atoms with E-state index in [1.165, 1.54) is 37.0 Å². The summed E-state index contributed by atoms with van der Waals surface area (Å²) in [5.74, 6) is -0.740. The van der Waals surface area contributed by atoms with Gasteiger partial charge in [-0.3, -0.25) is 19.4 Å². The quantitative estimate of drug-likeness (QED) is 0.546. The standard InChI is InChI=1S/C23H31N3O4/c1-2-30-23(29)17-8-10-19(11-9-17)26-21(27)16-20(22(26)28)25-14-12-24(13-15-25)18-6-4-3-5-7-18/h8-11,18,20H,2-7,12-16H2,1H3/t20-/m0/s1. The van der Waals surface area contributed by atoms with Gasteiger partial charge < -0.3 is 4.74 Å². The van der Waals surface area contributed by atoms with Crippen LogP contribution in [0.1, 0.15) is 55.8 Å². The molecule has 7 nitrogen and oxygen atoms in total. The molecule has 0 unspecified atom stereocenters. The van der Waals surface area contributed by atoms with Crippen molar-refractivity contribution in [3.63, 3.8) is 0 Å². The van der Waals surface area contributed by atoms with Crippen LogP contribution in [-0.4, -0.2) is 72.5 Å². The van der Waals surface area contributed by atoms with Crippen molar-refractivity contribution in [2.75, 3.05) is 37.7 Å². The Balaban J connectivity index is 1.38. The largest absolute Gasteiger partial charge is 0.462 e. The van der Waals surface area contributed by atoms with Crippen LogP contribution in [0.25, 0.3) is 0 Å². The Morgan fingerprint density at radius 3 is 2.23 bits per heavy atom. The fraction of sp³-hybridized carbons (Fsp3) is 0.609. The maximum atomic E-state index is 13.1. The average Bonchev–Trinajstić information content (AvgIpc) is 3.08. The number of piperazine rings is 1. The number of benzene rings is 1. The highest BCUT2D eigenvalue weighted by Gasteiger charge is 2.43. The molecule has 1 aromatic carbocycles. The van der Waals surface area contributed by atoms with Crippen molar-refractivity contribution in [3.8, 4) is 0 Å². The van der Waals surface area contributed by atoms with E-state index in [1.807, 2.05) is 0 Å². The Bertz CT molecular complexity index is 780. The van der Waals surface area contributed by atoms with Gasteiger partial charge in [0, 0.05) is 32.2 Å². The van der Waals surface area contributed by atoms with Crippen LogP contribution in [0.15, 0.2) is 24.3 Å². The molecule has 1 aliphatic carbocycles. The van der Waals surface area contributed by atoms with Crippen molar-refractivity contribution in [1.82, 2.24) is 9.80 Å². The van der Waals surface area contributed by atoms with Crippen molar-refractivity contribution < 1.29 is 19.1 Å². The summed E-state index contributed by atoms with van der Waals surface area (Å²) in [6.07, 6.45) is 6.80. The highest BCUT2D eigenvalue weighted by Crippen LogP contribution is 2.28. The van der Waals surface area contributed by atoms with Crippen LogP contribution < -0.4 is 4.90 Å². The van der Waals surface area contributed by atoms with Crippen molar-refractivity contribution in [2.45, 2.75) is 57.5 Å². The molecule has 30 heavy (non-hydrogen) atoms. The molecule has 2 aliphatic heterocycles. The second-order valence-corrected chi connectivity index (χ2v) is 8.42. The van der Waals surface area contributed by atoms with E-state index >= 15 is 0 Å². The topological polar surface area (TPSA) is 70.2 Å². The first-order valence-corrected chi connectivity index (χ1v) is 11.2. The molecule has 3 aliphatic rings. The Hall–Kier alpha value is -2.25. The van der Waals surface area contributed by atoms with E-state index in [9.17, 15) is 14.4 Å². The zero-order valence-corrected chi connectivity index (χ0v) is 17.7. The summed E-state index contributed by atoms with van der Waals surface area (Å²) < 4.78 is 4.99. The minimum atomic E-state index is -0.406. The Kier molecular flexibility index (Phi) is 6.49. The van der Waals surface area contributed by atoms with Gasteiger partial charge in [0.1, 0.15) is 0 Å². The number of hydrogen-bond acceptors (Lipinski definition) is 6. The average molecular weight is 414 g/mol. The van der Waals surface area contributed by atoms with Gasteiger partial charge in [-0.25, -0.2) is 9.69 Å². The summed E-state index contributed by atoms with van der Waals surface area (Å²) in [5.41, 5.74) is 0.927. The zero-order chi connectivity index (χ0) is 21.1. The van der Waals surface area contributed by atoms with E-state index in [2.05, 4.69) is 9.80 Å². The number of rotatable bonds is 5. The van der Waals surface area contributed by atoms with E-state index in [-0.39, 0.29) is 24.3 Å². The van der Waals surface area contributed by atoms with Crippen LogP contribution in [0.2, 0.25) is 0 Å². The van der Waals surface area contributed by atoms with Gasteiger partial charge in [-0.1, -0.05) is 19.3 Å². The van der Waals surface area contributed by atoms with E-state index in [1.54, 1.807) is 31.2 Å². The molecule has 4 rings (SSSR count). The highest BCUT2D eigenvalue weighted by molar-refractivity contribution is 6.22. The molecule has 0 bridgehead atoms. The SMILES string of the molecule is CCOC(=O)c1ccc(N2C(=O)C[C@H](N3CCN(C4CCCCC4)CC3)C2=O)cc1. The van der Waals surface area contributed by atoms with Crippen LogP contribution in [0.3, 0.4) is 0 Å². The number of imide groups is 1. The smallest absolute Gasteiger partial charge is 0.338 e. The number of hydrogen-bond donors (Lipinski definition) is 0. The van der Waals surface area contributed by atoms with Crippen LogP contribution in [0, 0.1) is 0 Å². The van der Waals surface area contributed by atoms with Crippen LogP contribution in [-0.2, 0) is 14.3 Å². The Morgan fingerprint density at radius 2 is 1.60 bits per heavy atom. The van der Waals surface area contributed by atoms with Crippen LogP contribution in [0.4, 0.5) is 5.69 Å². The van der Waals surface area contributed by atoms with Crippen molar-refractivity contribution in [2.24, 2.45) is 0 Å². The summed E-state index contributed by atoms with van der Waals surface area (Å²) in [5, 5.41) is 0. The molecule has 162 valence electrons. The van der Waals surface area contributed by atoms with Gasteiger partial charge in [0.15, 0.2) is 0 Å². The first-order valence-electron chi connectivity index (χ1n) is 11.2. The van der Waals surface area contributed by atoms with Gasteiger partial charge in [-0.2, -0.15) is 0 Å². The predicted octanol–water partition coefficient (Wildman–Crippen LogP) is 2.45. The number of esters is 1. The van der Waals surface area contributed by atoms with Gasteiger partial charge in [0.2, 0.25) is 5.91 Å². The number of carbonyl (C=O) groups is 3. The van der Waals surface area contributed by atoms with Crippen LogP contribution in [0.5, 0.6) is 0 Å². The molecular formula is C23H31N3O4. The maximum absolute atomic E-state index is 13.1. The second kappa shape index (κ2) is 9.27. The molecule has 1 saturated carbocycles. The van der Waals surface area contributed by atoms with E-state index in [0.29, 0.717) is 23.9 Å². The summed E-state index contributed by atoms with van der Waals surface area (Å²) in [6.45, 7) is 5.65. The zero-order valence-electron chi connectivity index (χ0n) is 17.7. The molecular weight excluding hydrogens is 382 g/mol. The van der Waals surface area contributed by atoms with Gasteiger partial charge >= 0.3 is 5.97 Å². The maximum Gasteiger partial charge on any atom is 0.338 e. The number of ether oxygens (including phenoxy) is 1. The van der Waals surface area contributed by atoms with Crippen molar-refractivity contribution in [3.05, 3.63) is 29.8 Å². The first-order chi connectivity index (χ1) is 14.6. The number of nitrogens with zero attached hydrogens (tertiary/aromatic N) is 3. The Labute approximate surface area is 177 Å². The number of amides is 2. The lowest BCUT2D eigenvalue weighted by molar-refractivity contribution is -0.123. The van der Waals surface area contributed by atoms with Crippen molar-refractivity contribution >= 4 is 23.5 Å². The highest BCUT2D eigenvalue weighted by atomic mass is 16.5. The molecule has 0 radical (unpaired) electrons. The van der Waals surface area contributed by atoms with Gasteiger partial charge in [0.05, 0.1) is 30.3 Å². The van der Waals surface area contributed by atoms with Crippen molar-refractivity contribution in [1.29, 1.82) is 0 Å². The fourth-order valence-electron chi connectivity index (χ4n) is 4.99. The van der Waals surface area contributed by atoms with E-state index < -0.39 is 5.97 Å². The van der Waals surface area contributed by atoms with Gasteiger partial charge in [0.25, 0.3) is 5.91 Å². The first kappa shape index (κ1) is 21.0. The monoisotopic (exact) mass is 413 g/mol. The molecule has 1 atom stereocenters. The molecule has 7 heteroatoms. The molecule has 0 N–H and O–H groups in total. The minimum absolute atomic E-state index is 0.157. The molecule has 2 saturated heterocycles. The fourth-order valence-corrected chi connectivity index (χ4v) is 4.99. The molecule has 2 amide bonds. The minimum Gasteiger partial charge on any atom is -0.462 e. The summed E-state index contributed by atoms with van der Waals surface area (Å²) in [4.78, 5) is 43.6. The van der Waals surface area contributed by atoms with E-state index in [4.69, 9.17) is 4.74 Å². The lowest BCUT2D eigenvalue weighted by Gasteiger charge is -2.42. The third-order valence-corrected chi connectivity index (χ3v) is 6.64. The molecule has 0 aromatic heterocycles. The number of anilines is 1. The molecule has 1 aromatic rings. The second-order valence-electron chi connectivity index (χ2n) is 8.42.